The van der Waals surface area contributed by atoms with E-state index >= 15 is 0 Å². The standard InChI is InChI=1S/C18H19ClN2O3/c1-10-4-3-5-13(19)16(10)17(22)21-15(18(23)24)9-12-6-7-14(20)11(2)8-12/h3-8,15H,9,20H2,1-2H3,(H,21,22)(H,23,24)/t15-/m0/s1. The Morgan fingerprint density at radius 1 is 1.21 bits per heavy atom. The van der Waals surface area contributed by atoms with Crippen molar-refractivity contribution in [2.24, 2.45) is 0 Å². The maximum atomic E-state index is 12.4. The van der Waals surface area contributed by atoms with E-state index < -0.39 is 17.9 Å². The second kappa shape index (κ2) is 7.36. The molecule has 2 aromatic rings. The molecule has 5 nitrogen and oxygen atoms in total. The summed E-state index contributed by atoms with van der Waals surface area (Å²) >= 11 is 6.06. The maximum absolute atomic E-state index is 12.4. The van der Waals surface area contributed by atoms with Gasteiger partial charge in [-0.05, 0) is 42.7 Å². The molecule has 1 atom stereocenters. The minimum absolute atomic E-state index is 0.158. The third-order valence-corrected chi connectivity index (χ3v) is 4.14. The van der Waals surface area contributed by atoms with Crippen molar-refractivity contribution in [3.05, 3.63) is 63.7 Å². The van der Waals surface area contributed by atoms with Crippen molar-refractivity contribution in [1.82, 2.24) is 5.32 Å². The molecule has 0 fully saturated rings. The van der Waals surface area contributed by atoms with Gasteiger partial charge in [-0.25, -0.2) is 4.79 Å². The molecule has 0 aliphatic rings. The van der Waals surface area contributed by atoms with Crippen LogP contribution in [0, 0.1) is 13.8 Å². The van der Waals surface area contributed by atoms with Crippen molar-refractivity contribution in [3.8, 4) is 0 Å². The van der Waals surface area contributed by atoms with Gasteiger partial charge >= 0.3 is 5.97 Å². The molecule has 1 amide bonds. The van der Waals surface area contributed by atoms with Crippen molar-refractivity contribution in [2.45, 2.75) is 26.3 Å². The molecule has 0 radical (unpaired) electrons. The smallest absolute Gasteiger partial charge is 0.326 e. The molecular formula is C18H19ClN2O3. The number of amides is 1. The summed E-state index contributed by atoms with van der Waals surface area (Å²) in [4.78, 5) is 24.0. The van der Waals surface area contributed by atoms with Crippen LogP contribution in [-0.4, -0.2) is 23.0 Å². The van der Waals surface area contributed by atoms with E-state index in [0.29, 0.717) is 21.8 Å². The number of halogens is 1. The number of carboxylic acids is 1. The summed E-state index contributed by atoms with van der Waals surface area (Å²) in [5.41, 5.74) is 9.04. The van der Waals surface area contributed by atoms with Crippen LogP contribution in [0.4, 0.5) is 5.69 Å². The molecule has 0 aromatic heterocycles. The Morgan fingerprint density at radius 2 is 1.92 bits per heavy atom. The molecule has 0 bridgehead atoms. The number of carbonyl (C=O) groups excluding carboxylic acids is 1. The minimum atomic E-state index is -1.11. The topological polar surface area (TPSA) is 92.4 Å². The number of nitrogen functional groups attached to an aromatic ring is 1. The predicted octanol–water partition coefficient (Wildman–Crippen LogP) is 2.96. The van der Waals surface area contributed by atoms with Crippen LogP contribution >= 0.6 is 11.6 Å². The Balaban J connectivity index is 2.21. The summed E-state index contributed by atoms with van der Waals surface area (Å²) in [5.74, 6) is -1.61. The normalized spacial score (nSPS) is 11.8. The largest absolute Gasteiger partial charge is 0.480 e. The highest BCUT2D eigenvalue weighted by molar-refractivity contribution is 6.34. The average molecular weight is 347 g/mol. The van der Waals surface area contributed by atoms with Crippen molar-refractivity contribution in [3.63, 3.8) is 0 Å². The fourth-order valence-corrected chi connectivity index (χ4v) is 2.76. The summed E-state index contributed by atoms with van der Waals surface area (Å²) in [6, 6.07) is 9.33. The highest BCUT2D eigenvalue weighted by Crippen LogP contribution is 2.20. The first kappa shape index (κ1) is 17.8. The van der Waals surface area contributed by atoms with Crippen LogP contribution in [0.1, 0.15) is 27.0 Å². The number of hydrogen-bond donors (Lipinski definition) is 3. The predicted molar refractivity (Wildman–Crippen MR) is 94.4 cm³/mol. The Hall–Kier alpha value is -2.53. The number of nitrogens with two attached hydrogens (primary N) is 1. The lowest BCUT2D eigenvalue weighted by Gasteiger charge is -2.17. The van der Waals surface area contributed by atoms with Gasteiger partial charge in [0, 0.05) is 12.1 Å². The number of hydrogen-bond acceptors (Lipinski definition) is 3. The van der Waals surface area contributed by atoms with E-state index in [1.807, 2.05) is 13.0 Å². The van der Waals surface area contributed by atoms with Crippen LogP contribution < -0.4 is 11.1 Å². The van der Waals surface area contributed by atoms with E-state index in [0.717, 1.165) is 11.1 Å². The summed E-state index contributed by atoms with van der Waals surface area (Å²) in [6.45, 7) is 3.60. The molecule has 0 heterocycles. The summed E-state index contributed by atoms with van der Waals surface area (Å²) < 4.78 is 0. The van der Waals surface area contributed by atoms with Crippen molar-refractivity contribution >= 4 is 29.2 Å². The first-order valence-corrected chi connectivity index (χ1v) is 7.81. The van der Waals surface area contributed by atoms with Crippen molar-refractivity contribution in [2.75, 3.05) is 5.73 Å². The highest BCUT2D eigenvalue weighted by Gasteiger charge is 2.23. The lowest BCUT2D eigenvalue weighted by molar-refractivity contribution is -0.139. The fourth-order valence-electron chi connectivity index (χ4n) is 2.45. The van der Waals surface area contributed by atoms with Gasteiger partial charge in [0.25, 0.3) is 5.91 Å². The number of aliphatic carboxylic acids is 1. The molecule has 0 aliphatic carbocycles. The van der Waals surface area contributed by atoms with E-state index in [9.17, 15) is 14.7 Å². The van der Waals surface area contributed by atoms with Gasteiger partial charge in [-0.3, -0.25) is 4.79 Å². The molecular weight excluding hydrogens is 328 g/mol. The van der Waals surface area contributed by atoms with E-state index in [4.69, 9.17) is 17.3 Å². The van der Waals surface area contributed by atoms with Gasteiger partial charge in [-0.2, -0.15) is 0 Å². The molecule has 2 rings (SSSR count). The highest BCUT2D eigenvalue weighted by atomic mass is 35.5. The van der Waals surface area contributed by atoms with Gasteiger partial charge in [-0.15, -0.1) is 0 Å². The molecule has 0 aliphatic heterocycles. The molecule has 0 spiro atoms. The van der Waals surface area contributed by atoms with Crippen LogP contribution in [0.2, 0.25) is 5.02 Å². The SMILES string of the molecule is Cc1cc(C[C@H](NC(=O)c2c(C)cccc2Cl)C(=O)O)ccc1N. The van der Waals surface area contributed by atoms with Gasteiger partial charge in [0.05, 0.1) is 10.6 Å². The van der Waals surface area contributed by atoms with E-state index in [1.54, 1.807) is 37.3 Å². The number of anilines is 1. The quantitative estimate of drug-likeness (QED) is 0.726. The zero-order valence-electron chi connectivity index (χ0n) is 13.5. The van der Waals surface area contributed by atoms with Crippen molar-refractivity contribution < 1.29 is 14.7 Å². The lowest BCUT2D eigenvalue weighted by Crippen LogP contribution is -2.42. The molecule has 6 heteroatoms. The van der Waals surface area contributed by atoms with E-state index in [1.165, 1.54) is 0 Å². The first-order valence-electron chi connectivity index (χ1n) is 7.43. The Bertz CT molecular complexity index is 770. The Morgan fingerprint density at radius 3 is 2.50 bits per heavy atom. The van der Waals surface area contributed by atoms with Gasteiger partial charge in [0.15, 0.2) is 0 Å². The number of carbonyl (C=O) groups is 2. The third-order valence-electron chi connectivity index (χ3n) is 3.83. The summed E-state index contributed by atoms with van der Waals surface area (Å²) in [5, 5.41) is 12.3. The molecule has 0 saturated carbocycles. The molecule has 2 aromatic carbocycles. The summed E-state index contributed by atoms with van der Waals surface area (Å²) in [7, 11) is 0. The minimum Gasteiger partial charge on any atom is -0.480 e. The van der Waals surface area contributed by atoms with E-state index in [2.05, 4.69) is 5.32 Å². The van der Waals surface area contributed by atoms with Crippen molar-refractivity contribution in [1.29, 1.82) is 0 Å². The van der Waals surface area contributed by atoms with Gasteiger partial charge in [0.1, 0.15) is 6.04 Å². The Kier molecular flexibility index (Phi) is 5.46. The monoisotopic (exact) mass is 346 g/mol. The molecule has 24 heavy (non-hydrogen) atoms. The Labute approximate surface area is 145 Å². The zero-order valence-corrected chi connectivity index (χ0v) is 14.2. The molecule has 4 N–H and O–H groups in total. The zero-order chi connectivity index (χ0) is 17.9. The molecule has 0 unspecified atom stereocenters. The molecule has 126 valence electrons. The molecule has 0 saturated heterocycles. The lowest BCUT2D eigenvalue weighted by atomic mass is 10.0. The van der Waals surface area contributed by atoms with Crippen LogP contribution in [0.25, 0.3) is 0 Å². The summed E-state index contributed by atoms with van der Waals surface area (Å²) in [6.07, 6.45) is 0.158. The number of aryl methyl sites for hydroxylation is 2. The maximum Gasteiger partial charge on any atom is 0.326 e. The number of carboxylic acid groups (broad SMARTS) is 1. The third kappa shape index (κ3) is 4.06. The second-order valence-electron chi connectivity index (χ2n) is 5.69. The number of nitrogens with one attached hydrogen (secondary N) is 1. The van der Waals surface area contributed by atoms with Crippen LogP contribution in [0.15, 0.2) is 36.4 Å². The van der Waals surface area contributed by atoms with Crippen LogP contribution in [0.3, 0.4) is 0 Å². The first-order chi connectivity index (χ1) is 11.3. The fraction of sp³-hybridized carbons (Fsp3) is 0.222. The van der Waals surface area contributed by atoms with E-state index in [-0.39, 0.29) is 6.42 Å². The van der Waals surface area contributed by atoms with Crippen LogP contribution in [-0.2, 0) is 11.2 Å². The second-order valence-corrected chi connectivity index (χ2v) is 6.10. The number of benzene rings is 2. The van der Waals surface area contributed by atoms with Crippen LogP contribution in [0.5, 0.6) is 0 Å². The van der Waals surface area contributed by atoms with Gasteiger partial charge in [0.2, 0.25) is 0 Å². The number of rotatable bonds is 5. The van der Waals surface area contributed by atoms with Gasteiger partial charge in [-0.1, -0.05) is 35.9 Å². The average Bonchev–Trinajstić information content (AvgIpc) is 2.50. The van der Waals surface area contributed by atoms with Gasteiger partial charge < -0.3 is 16.2 Å².